The number of hydrogen-bond acceptors (Lipinski definition) is 7. The first-order chi connectivity index (χ1) is 11.8. The van der Waals surface area contributed by atoms with Crippen LogP contribution < -0.4 is 21.6 Å². The average molecular weight is 340 g/mol. The van der Waals surface area contributed by atoms with Gasteiger partial charge in [0.1, 0.15) is 6.23 Å². The van der Waals surface area contributed by atoms with Gasteiger partial charge in [-0.1, -0.05) is 0 Å². The topological polar surface area (TPSA) is 75.8 Å². The van der Waals surface area contributed by atoms with Gasteiger partial charge in [0.25, 0.3) is 0 Å². The van der Waals surface area contributed by atoms with E-state index in [2.05, 4.69) is 28.6 Å². The Morgan fingerprint density at radius 3 is 2.62 bits per heavy atom. The molecule has 0 amide bonds. The van der Waals surface area contributed by atoms with Gasteiger partial charge < -0.3 is 9.47 Å². The molecule has 0 aromatic carbocycles. The molecule has 5 atom stereocenters. The summed E-state index contributed by atoms with van der Waals surface area (Å²) in [6.45, 7) is 3.81. The number of nitrogens with one attached hydrogen (secondary N) is 4. The molecule has 0 aromatic heterocycles. The maximum atomic E-state index is 5.85. The fourth-order valence-corrected chi connectivity index (χ4v) is 4.62. The zero-order valence-electron chi connectivity index (χ0n) is 14.6. The zero-order valence-corrected chi connectivity index (χ0v) is 14.6. The van der Waals surface area contributed by atoms with Gasteiger partial charge in [0.05, 0.1) is 24.4 Å². The monoisotopic (exact) mass is 340 g/mol. The molecule has 4 fully saturated rings. The predicted molar refractivity (Wildman–Crippen MR) is 89.7 cm³/mol. The Hall–Kier alpha value is -0.280. The highest BCUT2D eigenvalue weighted by atomic mass is 16.7. The molecule has 24 heavy (non-hydrogen) atoms. The Labute approximate surface area is 144 Å². The maximum Gasteiger partial charge on any atom is 0.147 e. The van der Waals surface area contributed by atoms with E-state index in [9.17, 15) is 0 Å². The number of ether oxygens (including phenoxy) is 2. The summed E-state index contributed by atoms with van der Waals surface area (Å²) in [4.78, 5) is 5.85. The molecule has 3 aliphatic heterocycles. The van der Waals surface area contributed by atoms with Gasteiger partial charge in [0.15, 0.2) is 0 Å². The normalized spacial score (nSPS) is 46.6. The van der Waals surface area contributed by atoms with Crippen LogP contribution >= 0.6 is 0 Å². The molecule has 4 N–H and O–H groups in total. The quantitative estimate of drug-likeness (QED) is 0.589. The lowest BCUT2D eigenvalue weighted by Crippen LogP contribution is -2.48. The molecule has 0 radical (unpaired) electrons. The third kappa shape index (κ3) is 3.77. The summed E-state index contributed by atoms with van der Waals surface area (Å²) >= 11 is 0. The van der Waals surface area contributed by atoms with Gasteiger partial charge in [-0.05, 0) is 57.8 Å². The second kappa shape index (κ2) is 7.95. The Bertz CT molecular complexity index is 399. The third-order valence-corrected chi connectivity index (χ3v) is 6.00. The molecule has 7 nitrogen and oxygen atoms in total. The lowest BCUT2D eigenvalue weighted by Gasteiger charge is -2.31. The van der Waals surface area contributed by atoms with E-state index in [0.717, 1.165) is 38.9 Å². The van der Waals surface area contributed by atoms with Crippen LogP contribution in [-0.2, 0) is 14.3 Å². The van der Waals surface area contributed by atoms with Crippen molar-refractivity contribution in [3.8, 4) is 0 Å². The summed E-state index contributed by atoms with van der Waals surface area (Å²) in [6.07, 6.45) is 9.16. The molecule has 0 aromatic rings. The number of hydrazine groups is 1. The van der Waals surface area contributed by atoms with E-state index in [0.29, 0.717) is 24.2 Å². The number of rotatable bonds is 5. The fraction of sp³-hybridized carbons (Fsp3) is 1.00. The molecule has 1 aliphatic carbocycles. The van der Waals surface area contributed by atoms with Crippen LogP contribution in [0.25, 0.3) is 0 Å². The summed E-state index contributed by atoms with van der Waals surface area (Å²) in [6, 6.07) is 0.667. The second-order valence-electron chi connectivity index (χ2n) is 7.58. The summed E-state index contributed by atoms with van der Waals surface area (Å²) in [7, 11) is 0. The fourth-order valence-electron chi connectivity index (χ4n) is 4.62. The first kappa shape index (κ1) is 17.1. The first-order valence-electron chi connectivity index (χ1n) is 9.75. The van der Waals surface area contributed by atoms with Crippen molar-refractivity contribution in [1.82, 2.24) is 21.6 Å². The molecule has 4 aliphatic rings. The molecular formula is C17H32N4O3. The molecule has 1 saturated carbocycles. The second-order valence-corrected chi connectivity index (χ2v) is 7.58. The average Bonchev–Trinajstić information content (AvgIpc) is 3.35. The third-order valence-electron chi connectivity index (χ3n) is 6.00. The molecule has 4 rings (SSSR count). The van der Waals surface area contributed by atoms with Crippen LogP contribution in [-0.4, -0.2) is 49.9 Å². The van der Waals surface area contributed by atoms with E-state index in [4.69, 9.17) is 14.3 Å². The smallest absolute Gasteiger partial charge is 0.147 e. The van der Waals surface area contributed by atoms with Gasteiger partial charge in [0.2, 0.25) is 0 Å². The Balaban J connectivity index is 1.22. The van der Waals surface area contributed by atoms with Crippen molar-refractivity contribution in [1.29, 1.82) is 0 Å². The van der Waals surface area contributed by atoms with Crippen LogP contribution in [0.5, 0.6) is 0 Å². The van der Waals surface area contributed by atoms with Crippen LogP contribution in [0.15, 0.2) is 0 Å². The number of hydroxylamine groups is 1. The predicted octanol–water partition coefficient (Wildman–Crippen LogP) is 0.772. The Morgan fingerprint density at radius 1 is 1.04 bits per heavy atom. The van der Waals surface area contributed by atoms with Gasteiger partial charge in [-0.15, -0.1) is 0 Å². The van der Waals surface area contributed by atoms with E-state index in [1.807, 2.05) is 0 Å². The summed E-state index contributed by atoms with van der Waals surface area (Å²) in [5.41, 5.74) is 10.0. The van der Waals surface area contributed by atoms with Crippen LogP contribution in [0.1, 0.15) is 51.9 Å². The SMILES string of the molecule is CCOC1CCC(C2NOC(C3CC(C4CCCO4)NN3)N2)CC1. The minimum Gasteiger partial charge on any atom is -0.379 e. The number of hydrogen-bond donors (Lipinski definition) is 4. The largest absolute Gasteiger partial charge is 0.379 e. The van der Waals surface area contributed by atoms with Crippen molar-refractivity contribution in [2.24, 2.45) is 5.92 Å². The lowest BCUT2D eigenvalue weighted by molar-refractivity contribution is -0.00812. The highest BCUT2D eigenvalue weighted by Crippen LogP contribution is 2.30. The van der Waals surface area contributed by atoms with E-state index in [-0.39, 0.29) is 18.4 Å². The van der Waals surface area contributed by atoms with Crippen molar-refractivity contribution in [2.75, 3.05) is 13.2 Å². The van der Waals surface area contributed by atoms with Crippen LogP contribution in [0.2, 0.25) is 0 Å². The molecule has 7 heteroatoms. The highest BCUT2D eigenvalue weighted by Gasteiger charge is 2.41. The first-order valence-corrected chi connectivity index (χ1v) is 9.75. The standard InChI is InChI=1S/C17H32N4O3/c1-2-22-12-7-5-11(6-8-12)16-18-17(24-21-16)14-10-13(19-20-14)15-4-3-9-23-15/h11-21H,2-10H2,1H3. The zero-order chi connectivity index (χ0) is 16.4. The molecule has 3 heterocycles. The molecule has 3 saturated heterocycles. The van der Waals surface area contributed by atoms with E-state index in [1.165, 1.54) is 19.3 Å². The molecule has 0 spiro atoms. The lowest BCUT2D eigenvalue weighted by atomic mass is 9.85. The summed E-state index contributed by atoms with van der Waals surface area (Å²) < 4.78 is 11.6. The summed E-state index contributed by atoms with van der Waals surface area (Å²) in [5.74, 6) is 0.620. The van der Waals surface area contributed by atoms with Crippen molar-refractivity contribution in [3.05, 3.63) is 0 Å². The molecule has 0 bridgehead atoms. The summed E-state index contributed by atoms with van der Waals surface area (Å²) in [5, 5.41) is 3.64. The van der Waals surface area contributed by atoms with Crippen molar-refractivity contribution >= 4 is 0 Å². The van der Waals surface area contributed by atoms with Crippen molar-refractivity contribution < 1.29 is 14.3 Å². The van der Waals surface area contributed by atoms with Crippen molar-refractivity contribution in [3.63, 3.8) is 0 Å². The van der Waals surface area contributed by atoms with E-state index < -0.39 is 0 Å². The maximum absolute atomic E-state index is 5.85. The molecule has 138 valence electrons. The van der Waals surface area contributed by atoms with Gasteiger partial charge in [0, 0.05) is 19.3 Å². The molecular weight excluding hydrogens is 308 g/mol. The van der Waals surface area contributed by atoms with Crippen LogP contribution in [0, 0.1) is 5.92 Å². The van der Waals surface area contributed by atoms with E-state index >= 15 is 0 Å². The van der Waals surface area contributed by atoms with Crippen molar-refractivity contribution in [2.45, 2.75) is 88.6 Å². The highest BCUT2D eigenvalue weighted by molar-refractivity contribution is 4.94. The van der Waals surface area contributed by atoms with Gasteiger partial charge >= 0.3 is 0 Å². The minimum atomic E-state index is 0.0125. The van der Waals surface area contributed by atoms with Gasteiger partial charge in [-0.25, -0.2) is 0 Å². The Kier molecular flexibility index (Phi) is 5.68. The Morgan fingerprint density at radius 2 is 1.88 bits per heavy atom. The van der Waals surface area contributed by atoms with Crippen LogP contribution in [0.3, 0.4) is 0 Å². The van der Waals surface area contributed by atoms with Gasteiger partial charge in [-0.2, -0.15) is 5.48 Å². The van der Waals surface area contributed by atoms with E-state index in [1.54, 1.807) is 0 Å². The minimum absolute atomic E-state index is 0.0125. The van der Waals surface area contributed by atoms with Gasteiger partial charge in [-0.3, -0.25) is 21.0 Å². The van der Waals surface area contributed by atoms with Crippen LogP contribution in [0.4, 0.5) is 0 Å². The molecule has 5 unspecified atom stereocenters.